The molecule has 4 nitrogen and oxygen atoms in total. The molecule has 0 aliphatic rings. The van der Waals surface area contributed by atoms with Gasteiger partial charge in [0, 0.05) is 12.6 Å². The molecule has 1 heterocycles. The molecular formula is C12H20N2O2S. The molecule has 1 N–H and O–H groups in total. The SMILES string of the molecule is CCOC(=O)c1sc(CNC(C)C)nc1CC. The molecule has 96 valence electrons. The summed E-state index contributed by atoms with van der Waals surface area (Å²) in [7, 11) is 0. The number of nitrogens with zero attached hydrogens (tertiary/aromatic N) is 1. The van der Waals surface area contributed by atoms with Crippen molar-refractivity contribution < 1.29 is 9.53 Å². The number of esters is 1. The average molecular weight is 256 g/mol. The van der Waals surface area contributed by atoms with E-state index >= 15 is 0 Å². The van der Waals surface area contributed by atoms with Gasteiger partial charge < -0.3 is 10.1 Å². The number of ether oxygens (including phenoxy) is 1. The quantitative estimate of drug-likeness (QED) is 0.794. The number of carbonyl (C=O) groups excluding carboxylic acids is 1. The molecule has 17 heavy (non-hydrogen) atoms. The molecule has 0 aromatic carbocycles. The number of carbonyl (C=O) groups is 1. The lowest BCUT2D eigenvalue weighted by molar-refractivity contribution is 0.0530. The highest BCUT2D eigenvalue weighted by atomic mass is 32.1. The molecule has 0 bridgehead atoms. The van der Waals surface area contributed by atoms with Crippen LogP contribution < -0.4 is 5.32 Å². The van der Waals surface area contributed by atoms with Gasteiger partial charge in [-0.1, -0.05) is 20.8 Å². The third-order valence-corrected chi connectivity index (χ3v) is 3.28. The predicted octanol–water partition coefficient (Wildman–Crippen LogP) is 2.38. The van der Waals surface area contributed by atoms with Gasteiger partial charge in [-0.05, 0) is 13.3 Å². The van der Waals surface area contributed by atoms with Gasteiger partial charge in [0.15, 0.2) is 0 Å². The van der Waals surface area contributed by atoms with Crippen molar-refractivity contribution >= 4 is 17.3 Å². The van der Waals surface area contributed by atoms with Crippen LogP contribution in [-0.4, -0.2) is 23.6 Å². The van der Waals surface area contributed by atoms with E-state index in [2.05, 4.69) is 24.1 Å². The van der Waals surface area contributed by atoms with Crippen molar-refractivity contribution in [2.24, 2.45) is 0 Å². The Labute approximate surface area is 106 Å². The summed E-state index contributed by atoms with van der Waals surface area (Å²) in [5.74, 6) is -0.252. The highest BCUT2D eigenvalue weighted by Crippen LogP contribution is 2.20. The Morgan fingerprint density at radius 2 is 2.18 bits per heavy atom. The van der Waals surface area contributed by atoms with Gasteiger partial charge in [0.2, 0.25) is 0 Å². The second-order valence-corrected chi connectivity index (χ2v) is 5.08. The summed E-state index contributed by atoms with van der Waals surface area (Å²) in [6, 6.07) is 0.412. The van der Waals surface area contributed by atoms with Gasteiger partial charge in [-0.2, -0.15) is 0 Å². The maximum Gasteiger partial charge on any atom is 0.350 e. The molecule has 1 aromatic rings. The van der Waals surface area contributed by atoms with Crippen molar-refractivity contribution in [3.8, 4) is 0 Å². The van der Waals surface area contributed by atoms with Crippen LogP contribution in [0.15, 0.2) is 0 Å². The Morgan fingerprint density at radius 3 is 2.71 bits per heavy atom. The van der Waals surface area contributed by atoms with Crippen LogP contribution in [0.2, 0.25) is 0 Å². The van der Waals surface area contributed by atoms with E-state index in [-0.39, 0.29) is 5.97 Å². The summed E-state index contributed by atoms with van der Waals surface area (Å²) in [5, 5.41) is 4.24. The number of aromatic nitrogens is 1. The largest absolute Gasteiger partial charge is 0.462 e. The van der Waals surface area contributed by atoms with Crippen molar-refractivity contribution in [2.75, 3.05) is 6.61 Å². The number of rotatable bonds is 6. The smallest absolute Gasteiger partial charge is 0.350 e. The molecule has 0 amide bonds. The van der Waals surface area contributed by atoms with E-state index in [0.717, 1.165) is 17.1 Å². The minimum absolute atomic E-state index is 0.252. The molecule has 1 aromatic heterocycles. The summed E-state index contributed by atoms with van der Waals surface area (Å²) < 4.78 is 5.02. The molecule has 0 saturated carbocycles. The zero-order chi connectivity index (χ0) is 12.8. The lowest BCUT2D eigenvalue weighted by Crippen LogP contribution is -2.21. The van der Waals surface area contributed by atoms with E-state index in [9.17, 15) is 4.79 Å². The maximum absolute atomic E-state index is 11.7. The summed E-state index contributed by atoms with van der Waals surface area (Å²) in [6.45, 7) is 9.08. The molecule has 0 aliphatic carbocycles. The standard InChI is InChI=1S/C12H20N2O2S/c1-5-9-11(12(15)16-6-2)17-10(14-9)7-13-8(3)4/h8,13H,5-7H2,1-4H3. The Hall–Kier alpha value is -0.940. The van der Waals surface area contributed by atoms with Gasteiger partial charge in [-0.3, -0.25) is 0 Å². The van der Waals surface area contributed by atoms with Gasteiger partial charge in [0.25, 0.3) is 0 Å². The third-order valence-electron chi connectivity index (χ3n) is 2.20. The summed E-state index contributed by atoms with van der Waals surface area (Å²) >= 11 is 1.43. The zero-order valence-electron chi connectivity index (χ0n) is 10.9. The summed E-state index contributed by atoms with van der Waals surface area (Å²) in [6.07, 6.45) is 0.756. The molecule has 5 heteroatoms. The van der Waals surface area contributed by atoms with E-state index in [1.54, 1.807) is 0 Å². The minimum Gasteiger partial charge on any atom is -0.462 e. The average Bonchev–Trinajstić information content (AvgIpc) is 2.70. The molecule has 0 radical (unpaired) electrons. The lowest BCUT2D eigenvalue weighted by atomic mass is 10.3. The first-order chi connectivity index (χ1) is 8.08. The van der Waals surface area contributed by atoms with Crippen molar-refractivity contribution in [3.63, 3.8) is 0 Å². The van der Waals surface area contributed by atoms with E-state index < -0.39 is 0 Å². The van der Waals surface area contributed by atoms with E-state index in [1.807, 2.05) is 13.8 Å². The zero-order valence-corrected chi connectivity index (χ0v) is 11.7. The predicted molar refractivity (Wildman–Crippen MR) is 69.4 cm³/mol. The number of thiazole rings is 1. The highest BCUT2D eigenvalue weighted by Gasteiger charge is 2.17. The van der Waals surface area contributed by atoms with Crippen LogP contribution in [0.25, 0.3) is 0 Å². The van der Waals surface area contributed by atoms with Crippen LogP contribution in [0.4, 0.5) is 0 Å². The first-order valence-corrected chi connectivity index (χ1v) is 6.79. The van der Waals surface area contributed by atoms with Gasteiger partial charge in [0.1, 0.15) is 9.88 Å². The molecule has 0 fully saturated rings. The maximum atomic E-state index is 11.7. The summed E-state index contributed by atoms with van der Waals surface area (Å²) in [5.41, 5.74) is 0.842. The van der Waals surface area contributed by atoms with Crippen LogP contribution in [0.5, 0.6) is 0 Å². The minimum atomic E-state index is -0.252. The van der Waals surface area contributed by atoms with Crippen LogP contribution in [0, 0.1) is 0 Å². The third kappa shape index (κ3) is 4.09. The Morgan fingerprint density at radius 1 is 1.47 bits per heavy atom. The van der Waals surface area contributed by atoms with Crippen LogP contribution >= 0.6 is 11.3 Å². The molecule has 0 aliphatic heterocycles. The Kier molecular flexibility index (Phi) is 5.58. The normalized spacial score (nSPS) is 10.9. The number of aryl methyl sites for hydroxylation is 1. The summed E-state index contributed by atoms with van der Waals surface area (Å²) in [4.78, 5) is 16.8. The van der Waals surface area contributed by atoms with Gasteiger partial charge in [-0.15, -0.1) is 11.3 Å². The Bertz CT molecular complexity index is 375. The molecule has 1 rings (SSSR count). The fourth-order valence-corrected chi connectivity index (χ4v) is 2.36. The first kappa shape index (κ1) is 14.1. The van der Waals surface area contributed by atoms with Crippen LogP contribution in [-0.2, 0) is 17.7 Å². The van der Waals surface area contributed by atoms with Crippen molar-refractivity contribution in [2.45, 2.75) is 46.7 Å². The van der Waals surface area contributed by atoms with Crippen molar-refractivity contribution in [1.82, 2.24) is 10.3 Å². The second kappa shape index (κ2) is 6.71. The molecular weight excluding hydrogens is 236 g/mol. The van der Waals surface area contributed by atoms with Crippen molar-refractivity contribution in [3.05, 3.63) is 15.6 Å². The molecule has 0 saturated heterocycles. The monoisotopic (exact) mass is 256 g/mol. The fraction of sp³-hybridized carbons (Fsp3) is 0.667. The molecule has 0 spiro atoms. The molecule has 0 atom stereocenters. The topological polar surface area (TPSA) is 51.2 Å². The van der Waals surface area contributed by atoms with Crippen LogP contribution in [0.3, 0.4) is 0 Å². The number of hydrogen-bond acceptors (Lipinski definition) is 5. The van der Waals surface area contributed by atoms with Gasteiger partial charge in [0.05, 0.1) is 12.3 Å². The van der Waals surface area contributed by atoms with Crippen LogP contribution in [0.1, 0.15) is 48.1 Å². The number of nitrogens with one attached hydrogen (secondary N) is 1. The molecule has 0 unspecified atom stereocenters. The fourth-order valence-electron chi connectivity index (χ4n) is 1.36. The van der Waals surface area contributed by atoms with Gasteiger partial charge in [-0.25, -0.2) is 9.78 Å². The first-order valence-electron chi connectivity index (χ1n) is 5.97. The second-order valence-electron chi connectivity index (χ2n) is 3.99. The van der Waals surface area contributed by atoms with E-state index in [4.69, 9.17) is 4.74 Å². The highest BCUT2D eigenvalue weighted by molar-refractivity contribution is 7.13. The van der Waals surface area contributed by atoms with E-state index in [1.165, 1.54) is 11.3 Å². The van der Waals surface area contributed by atoms with Gasteiger partial charge >= 0.3 is 5.97 Å². The lowest BCUT2D eigenvalue weighted by Gasteiger charge is -2.04. The number of hydrogen-bond donors (Lipinski definition) is 1. The Balaban J connectivity index is 2.79. The van der Waals surface area contributed by atoms with E-state index in [0.29, 0.717) is 24.1 Å². The van der Waals surface area contributed by atoms with Crippen molar-refractivity contribution in [1.29, 1.82) is 0 Å².